The van der Waals surface area contributed by atoms with Gasteiger partial charge in [0.05, 0.1) is 0 Å². The molecule has 0 aliphatic heterocycles. The van der Waals surface area contributed by atoms with Gasteiger partial charge in [-0.3, -0.25) is 0 Å². The Bertz CT molecular complexity index is 524. The number of benzene rings is 2. The van der Waals surface area contributed by atoms with Crippen LogP contribution in [0.2, 0.25) is 0 Å². The van der Waals surface area contributed by atoms with E-state index in [4.69, 9.17) is 0 Å². The van der Waals surface area contributed by atoms with Gasteiger partial charge in [0.1, 0.15) is 0 Å². The molecule has 0 saturated carbocycles. The molecule has 0 radical (unpaired) electrons. The highest BCUT2D eigenvalue weighted by atomic mass is 79.9. The van der Waals surface area contributed by atoms with Crippen LogP contribution in [0.1, 0.15) is 37.4 Å². The Labute approximate surface area is 130 Å². The Morgan fingerprint density at radius 1 is 1.00 bits per heavy atom. The van der Waals surface area contributed by atoms with Gasteiger partial charge in [0, 0.05) is 16.6 Å². The van der Waals surface area contributed by atoms with E-state index >= 15 is 0 Å². The van der Waals surface area contributed by atoms with Gasteiger partial charge in [0.25, 0.3) is 0 Å². The van der Waals surface area contributed by atoms with E-state index in [0.717, 1.165) is 12.8 Å². The smallest absolute Gasteiger partial charge is 0.0294 e. The maximum atomic E-state index is 3.74. The normalized spacial score (nSPS) is 13.9. The van der Waals surface area contributed by atoms with E-state index in [1.54, 1.807) is 0 Å². The number of halogens is 1. The van der Waals surface area contributed by atoms with Crippen molar-refractivity contribution >= 4 is 15.9 Å². The lowest BCUT2D eigenvalue weighted by atomic mass is 10.0. The van der Waals surface area contributed by atoms with Crippen molar-refractivity contribution in [2.75, 3.05) is 0 Å². The topological polar surface area (TPSA) is 12.0 Å². The monoisotopic (exact) mass is 331 g/mol. The molecule has 0 aliphatic carbocycles. The minimum atomic E-state index is 0.378. The third-order valence-corrected chi connectivity index (χ3v) is 4.48. The van der Waals surface area contributed by atoms with Crippen molar-refractivity contribution < 1.29 is 0 Å². The molecule has 0 aliphatic rings. The third-order valence-electron chi connectivity index (χ3n) is 3.70. The number of nitrogens with one attached hydrogen (secondary N) is 1. The second kappa shape index (κ2) is 7.61. The first-order valence-corrected chi connectivity index (χ1v) is 8.04. The van der Waals surface area contributed by atoms with E-state index in [-0.39, 0.29) is 0 Å². The molecule has 2 aromatic carbocycles. The van der Waals surface area contributed by atoms with Gasteiger partial charge in [-0.05, 0) is 37.0 Å². The highest BCUT2D eigenvalue weighted by molar-refractivity contribution is 9.10. The van der Waals surface area contributed by atoms with E-state index in [1.807, 2.05) is 0 Å². The van der Waals surface area contributed by atoms with E-state index in [0.29, 0.717) is 12.1 Å². The number of hydrogen-bond donors (Lipinski definition) is 1. The Morgan fingerprint density at radius 3 is 2.30 bits per heavy atom. The molecule has 0 heterocycles. The summed E-state index contributed by atoms with van der Waals surface area (Å²) in [5, 5.41) is 3.74. The average Bonchev–Trinajstić information content (AvgIpc) is 2.49. The van der Waals surface area contributed by atoms with Crippen LogP contribution in [0, 0.1) is 0 Å². The minimum Gasteiger partial charge on any atom is -0.307 e. The molecule has 0 amide bonds. The van der Waals surface area contributed by atoms with Crippen LogP contribution in [0.25, 0.3) is 0 Å². The average molecular weight is 332 g/mol. The molecule has 0 saturated heterocycles. The molecule has 2 heteroatoms. The molecule has 2 aromatic rings. The van der Waals surface area contributed by atoms with Gasteiger partial charge < -0.3 is 5.32 Å². The van der Waals surface area contributed by atoms with Crippen molar-refractivity contribution in [1.29, 1.82) is 0 Å². The molecule has 106 valence electrons. The Hall–Kier alpha value is -1.12. The summed E-state index contributed by atoms with van der Waals surface area (Å²) in [5.41, 5.74) is 2.71. The summed E-state index contributed by atoms with van der Waals surface area (Å²) in [5.74, 6) is 0. The largest absolute Gasteiger partial charge is 0.307 e. The van der Waals surface area contributed by atoms with Crippen molar-refractivity contribution in [2.45, 2.75) is 38.8 Å². The molecule has 1 N–H and O–H groups in total. The number of rotatable bonds is 6. The molecule has 20 heavy (non-hydrogen) atoms. The molecule has 2 atom stereocenters. The van der Waals surface area contributed by atoms with E-state index < -0.39 is 0 Å². The van der Waals surface area contributed by atoms with Crippen molar-refractivity contribution in [3.63, 3.8) is 0 Å². The van der Waals surface area contributed by atoms with Gasteiger partial charge in [0.2, 0.25) is 0 Å². The van der Waals surface area contributed by atoms with Crippen LogP contribution in [-0.4, -0.2) is 6.04 Å². The van der Waals surface area contributed by atoms with Crippen LogP contribution < -0.4 is 5.32 Å². The highest BCUT2D eigenvalue weighted by Crippen LogP contribution is 2.20. The Kier molecular flexibility index (Phi) is 5.81. The summed E-state index contributed by atoms with van der Waals surface area (Å²) in [6.45, 7) is 4.48. The molecule has 0 fully saturated rings. The van der Waals surface area contributed by atoms with Crippen LogP contribution in [0.4, 0.5) is 0 Å². The maximum absolute atomic E-state index is 3.74. The fourth-order valence-electron chi connectivity index (χ4n) is 2.44. The molecule has 2 rings (SSSR count). The van der Waals surface area contributed by atoms with Crippen LogP contribution >= 0.6 is 15.9 Å². The summed E-state index contributed by atoms with van der Waals surface area (Å²) in [6, 6.07) is 20.0. The first-order chi connectivity index (χ1) is 9.70. The molecule has 0 bridgehead atoms. The summed E-state index contributed by atoms with van der Waals surface area (Å²) in [7, 11) is 0. The van der Waals surface area contributed by atoms with Gasteiger partial charge >= 0.3 is 0 Å². The van der Waals surface area contributed by atoms with Crippen molar-refractivity contribution in [1.82, 2.24) is 5.32 Å². The van der Waals surface area contributed by atoms with E-state index in [2.05, 4.69) is 89.7 Å². The zero-order valence-corrected chi connectivity index (χ0v) is 13.7. The van der Waals surface area contributed by atoms with Crippen molar-refractivity contribution in [3.8, 4) is 0 Å². The van der Waals surface area contributed by atoms with Gasteiger partial charge in [-0.1, -0.05) is 71.4 Å². The van der Waals surface area contributed by atoms with Crippen molar-refractivity contribution in [3.05, 3.63) is 70.2 Å². The standard InChI is InChI=1S/C18H22BrN/c1-3-17(13-16-11-7-8-12-18(16)19)20-14(2)15-9-5-4-6-10-15/h4-12,14,17,20H,3,13H2,1-2H3/t14-,17-/m1/s1. The fraction of sp³-hybridized carbons (Fsp3) is 0.333. The molecule has 0 aromatic heterocycles. The van der Waals surface area contributed by atoms with Gasteiger partial charge in [-0.25, -0.2) is 0 Å². The Balaban J connectivity index is 2.01. The quantitative estimate of drug-likeness (QED) is 0.774. The lowest BCUT2D eigenvalue weighted by Crippen LogP contribution is -2.32. The zero-order valence-electron chi connectivity index (χ0n) is 12.1. The summed E-state index contributed by atoms with van der Waals surface area (Å²) < 4.78 is 1.20. The fourth-order valence-corrected chi connectivity index (χ4v) is 2.89. The van der Waals surface area contributed by atoms with Crippen LogP contribution in [0.5, 0.6) is 0 Å². The summed E-state index contributed by atoms with van der Waals surface area (Å²) in [4.78, 5) is 0. The maximum Gasteiger partial charge on any atom is 0.0294 e. The predicted octanol–water partition coefficient (Wildman–Crippen LogP) is 5.12. The van der Waals surface area contributed by atoms with Crippen molar-refractivity contribution in [2.24, 2.45) is 0 Å². The van der Waals surface area contributed by atoms with Gasteiger partial charge in [0.15, 0.2) is 0 Å². The van der Waals surface area contributed by atoms with Gasteiger partial charge in [-0.15, -0.1) is 0 Å². The van der Waals surface area contributed by atoms with Crippen LogP contribution in [0.3, 0.4) is 0 Å². The van der Waals surface area contributed by atoms with E-state index in [1.165, 1.54) is 15.6 Å². The molecular weight excluding hydrogens is 310 g/mol. The lowest BCUT2D eigenvalue weighted by molar-refractivity contribution is 0.439. The molecule has 0 unspecified atom stereocenters. The molecule has 1 nitrogen and oxygen atoms in total. The minimum absolute atomic E-state index is 0.378. The lowest BCUT2D eigenvalue weighted by Gasteiger charge is -2.23. The van der Waals surface area contributed by atoms with Crippen LogP contribution in [-0.2, 0) is 6.42 Å². The first-order valence-electron chi connectivity index (χ1n) is 7.25. The summed E-state index contributed by atoms with van der Waals surface area (Å²) in [6.07, 6.45) is 2.17. The SMILES string of the molecule is CC[C@H](Cc1ccccc1Br)N[C@H](C)c1ccccc1. The predicted molar refractivity (Wildman–Crippen MR) is 89.9 cm³/mol. The molecule has 0 spiro atoms. The second-order valence-electron chi connectivity index (χ2n) is 5.20. The second-order valence-corrected chi connectivity index (χ2v) is 6.05. The highest BCUT2D eigenvalue weighted by Gasteiger charge is 2.13. The van der Waals surface area contributed by atoms with Gasteiger partial charge in [-0.2, -0.15) is 0 Å². The summed E-state index contributed by atoms with van der Waals surface area (Å²) >= 11 is 3.64. The van der Waals surface area contributed by atoms with E-state index in [9.17, 15) is 0 Å². The van der Waals surface area contributed by atoms with Crippen LogP contribution in [0.15, 0.2) is 59.1 Å². The number of hydrogen-bond acceptors (Lipinski definition) is 1. The zero-order chi connectivity index (χ0) is 14.4. The first kappa shape index (κ1) is 15.3. The third kappa shape index (κ3) is 4.19. The Morgan fingerprint density at radius 2 is 1.65 bits per heavy atom. The molecular formula is C18H22BrN.